The van der Waals surface area contributed by atoms with Crippen molar-refractivity contribution in [3.63, 3.8) is 0 Å². The highest BCUT2D eigenvalue weighted by Gasteiger charge is 2.48. The third-order valence-electron chi connectivity index (χ3n) is 6.51. The lowest BCUT2D eigenvalue weighted by Crippen LogP contribution is -2.65. The third-order valence-corrected chi connectivity index (χ3v) is 7.63. The minimum absolute atomic E-state index is 0.245. The van der Waals surface area contributed by atoms with E-state index in [1.54, 1.807) is 13.2 Å². The van der Waals surface area contributed by atoms with Crippen LogP contribution in [0.3, 0.4) is 0 Å². The molecule has 9 heteroatoms. The molecule has 2 aliphatic heterocycles. The molecule has 5 N–H and O–H groups in total. The second kappa shape index (κ2) is 13.8. The highest BCUT2D eigenvalue weighted by atomic mass is 35.5. The number of benzene rings is 1. The van der Waals surface area contributed by atoms with Gasteiger partial charge in [-0.1, -0.05) is 54.1 Å². The van der Waals surface area contributed by atoms with Gasteiger partial charge < -0.3 is 30.7 Å². The number of ether oxygens (including phenoxy) is 1. The van der Waals surface area contributed by atoms with Gasteiger partial charge in [-0.25, -0.2) is 0 Å². The number of aryl methyl sites for hydroxylation is 1. The number of halogens is 1. The molecule has 1 amide bonds. The van der Waals surface area contributed by atoms with Crippen LogP contribution in [0.1, 0.15) is 31.7 Å². The second-order valence-electron chi connectivity index (χ2n) is 9.09. The van der Waals surface area contributed by atoms with Gasteiger partial charge in [0, 0.05) is 0 Å². The van der Waals surface area contributed by atoms with E-state index in [4.69, 9.17) is 16.3 Å². The summed E-state index contributed by atoms with van der Waals surface area (Å²) >= 11 is 7.60. The molecule has 1 saturated heterocycles. The van der Waals surface area contributed by atoms with Crippen molar-refractivity contribution in [2.45, 2.75) is 79.9 Å². The minimum Gasteiger partial charge on any atom is -0.388 e. The fourth-order valence-corrected chi connectivity index (χ4v) is 5.30. The van der Waals surface area contributed by atoms with E-state index in [0.29, 0.717) is 13.0 Å². The third kappa shape index (κ3) is 7.79. The van der Waals surface area contributed by atoms with Gasteiger partial charge in [-0.2, -0.15) is 0 Å². The van der Waals surface area contributed by atoms with Crippen molar-refractivity contribution in [2.75, 3.05) is 12.8 Å². The average Bonchev–Trinajstić information content (AvgIpc) is 3.10. The molecule has 0 aromatic heterocycles. The zero-order valence-electron chi connectivity index (χ0n) is 20.2. The molecule has 0 aliphatic carbocycles. The van der Waals surface area contributed by atoms with Gasteiger partial charge in [0.2, 0.25) is 5.91 Å². The average molecular weight is 525 g/mol. The molecule has 0 saturated carbocycles. The first-order valence-corrected chi connectivity index (χ1v) is 13.8. The number of alkyl halides is 1. The summed E-state index contributed by atoms with van der Waals surface area (Å²) in [6.45, 7) is 2.36. The molecule has 0 bridgehead atoms. The zero-order chi connectivity index (χ0) is 25.4. The van der Waals surface area contributed by atoms with Crippen molar-refractivity contribution >= 4 is 29.3 Å². The van der Waals surface area contributed by atoms with Gasteiger partial charge in [0.1, 0.15) is 29.9 Å². The highest BCUT2D eigenvalue weighted by molar-refractivity contribution is 7.99. The predicted octanol–water partition coefficient (Wildman–Crippen LogP) is 2.14. The lowest BCUT2D eigenvalue weighted by molar-refractivity contribution is -0.205. The molecule has 1 aromatic carbocycles. The van der Waals surface area contributed by atoms with Gasteiger partial charge in [-0.3, -0.25) is 4.79 Å². The molecule has 8 atom stereocenters. The molecule has 1 aromatic rings. The Bertz CT molecular complexity index is 867. The summed E-state index contributed by atoms with van der Waals surface area (Å²) in [6.07, 6.45) is 6.47. The number of rotatable bonds is 9. The molecule has 3 rings (SSSR count). The number of thioether (sulfide) groups is 1. The molecule has 35 heavy (non-hydrogen) atoms. The van der Waals surface area contributed by atoms with Gasteiger partial charge in [-0.05, 0) is 51.0 Å². The molecule has 2 heterocycles. The Morgan fingerprint density at radius 3 is 2.69 bits per heavy atom. The summed E-state index contributed by atoms with van der Waals surface area (Å²) in [5.41, 5.74) is 1.77. The molecule has 7 nitrogen and oxygen atoms in total. The van der Waals surface area contributed by atoms with Crippen LogP contribution in [0.2, 0.25) is 0 Å². The number of carbonyl (C=O) groups excluding carboxylic acids is 1. The van der Waals surface area contributed by atoms with Crippen molar-refractivity contribution in [2.24, 2.45) is 0 Å². The van der Waals surface area contributed by atoms with Crippen LogP contribution in [-0.2, 0) is 16.0 Å². The van der Waals surface area contributed by atoms with E-state index in [1.807, 2.05) is 18.2 Å². The summed E-state index contributed by atoms with van der Waals surface area (Å²) in [7, 11) is 0. The van der Waals surface area contributed by atoms with Crippen LogP contribution in [0.25, 0.3) is 0 Å². The van der Waals surface area contributed by atoms with Crippen LogP contribution < -0.4 is 10.6 Å². The topological polar surface area (TPSA) is 111 Å². The molecular weight excluding hydrogens is 488 g/mol. The van der Waals surface area contributed by atoms with E-state index < -0.39 is 47.3 Å². The summed E-state index contributed by atoms with van der Waals surface area (Å²) in [5, 5.41) is 36.6. The van der Waals surface area contributed by atoms with Gasteiger partial charge in [0.25, 0.3) is 0 Å². The smallest absolute Gasteiger partial charge is 0.237 e. The summed E-state index contributed by atoms with van der Waals surface area (Å²) in [4.78, 5) is 13.1. The lowest BCUT2D eigenvalue weighted by Gasteiger charge is -2.44. The van der Waals surface area contributed by atoms with Gasteiger partial charge in [0.15, 0.2) is 0 Å². The van der Waals surface area contributed by atoms with E-state index in [0.717, 1.165) is 19.3 Å². The van der Waals surface area contributed by atoms with Crippen LogP contribution in [0, 0.1) is 0 Å². The largest absolute Gasteiger partial charge is 0.388 e. The summed E-state index contributed by atoms with van der Waals surface area (Å²) < 4.78 is 5.83. The van der Waals surface area contributed by atoms with E-state index in [-0.39, 0.29) is 5.91 Å². The Kier molecular flexibility index (Phi) is 11.1. The second-order valence-corrected chi connectivity index (χ2v) is 10.7. The first-order valence-electron chi connectivity index (χ1n) is 12.1. The number of nitrogens with one attached hydrogen (secondary N) is 2. The van der Waals surface area contributed by atoms with Crippen molar-refractivity contribution in [1.82, 2.24) is 10.6 Å². The fourth-order valence-electron chi connectivity index (χ4n) is 4.41. The maximum atomic E-state index is 13.1. The molecule has 0 radical (unpaired) electrons. The Balaban J connectivity index is 1.57. The molecule has 194 valence electrons. The molecule has 0 spiro atoms. The van der Waals surface area contributed by atoms with Crippen LogP contribution in [0.5, 0.6) is 0 Å². The first-order chi connectivity index (χ1) is 16.8. The predicted molar refractivity (Wildman–Crippen MR) is 140 cm³/mol. The van der Waals surface area contributed by atoms with Crippen LogP contribution in [0.15, 0.2) is 54.1 Å². The molecule has 1 fully saturated rings. The van der Waals surface area contributed by atoms with E-state index in [2.05, 4.69) is 41.0 Å². The van der Waals surface area contributed by atoms with Crippen LogP contribution >= 0.6 is 23.4 Å². The fraction of sp³-hybridized carbons (Fsp3) is 0.577. The van der Waals surface area contributed by atoms with Crippen molar-refractivity contribution in [3.05, 3.63) is 59.7 Å². The standard InChI is InChI=1S/C26H37ClN2O5S/c1-16(27)20(24-22(31)21(30)23(32)26(34-24)35-2)29-25(33)19-13-12-18(14-15-28-19)11-7-6-10-17-8-4-3-5-9-17/h3-5,7-9,11-12,16,19-24,26,28,30-32H,6,10,13-15H2,1-2H3,(H,29,33)/b11-7+/t16-,19-,20+,21?,22-,23+,24+,26?/m0/s1. The number of allylic oxidation sites excluding steroid dienone is 2. The van der Waals surface area contributed by atoms with E-state index >= 15 is 0 Å². The molecule has 2 unspecified atom stereocenters. The quantitative estimate of drug-likeness (QED) is 0.315. The maximum absolute atomic E-state index is 13.1. The van der Waals surface area contributed by atoms with E-state index in [9.17, 15) is 20.1 Å². The highest BCUT2D eigenvalue weighted by Crippen LogP contribution is 2.30. The van der Waals surface area contributed by atoms with E-state index in [1.165, 1.54) is 22.9 Å². The number of carbonyl (C=O) groups is 1. The van der Waals surface area contributed by atoms with Gasteiger partial charge in [0.05, 0.1) is 17.5 Å². The molecule has 2 aliphatic rings. The lowest BCUT2D eigenvalue weighted by atomic mass is 9.93. The molecular formula is C26H37ClN2O5S. The first kappa shape index (κ1) is 28.2. The van der Waals surface area contributed by atoms with Crippen molar-refractivity contribution in [3.8, 4) is 0 Å². The SMILES string of the molecule is CSC1O[C@H]([C@H](NC(=O)[C@@H]2CC=C(/C=C/CCc3ccccc3)CCN2)[C@H](C)Cl)[C@@H](O)C(O)[C@H]1O. The van der Waals surface area contributed by atoms with Crippen molar-refractivity contribution < 1.29 is 24.9 Å². The summed E-state index contributed by atoms with van der Waals surface area (Å²) in [6, 6.07) is 9.17. The number of aliphatic hydroxyl groups excluding tert-OH is 3. The van der Waals surface area contributed by atoms with Crippen molar-refractivity contribution in [1.29, 1.82) is 0 Å². The van der Waals surface area contributed by atoms with Crippen LogP contribution in [0.4, 0.5) is 0 Å². The number of hydrogen-bond acceptors (Lipinski definition) is 7. The van der Waals surface area contributed by atoms with Crippen LogP contribution in [-0.4, -0.2) is 81.3 Å². The Labute approximate surface area is 217 Å². The Morgan fingerprint density at radius 1 is 1.26 bits per heavy atom. The minimum atomic E-state index is -1.39. The van der Waals surface area contributed by atoms with Gasteiger partial charge >= 0.3 is 0 Å². The maximum Gasteiger partial charge on any atom is 0.237 e. The monoisotopic (exact) mass is 524 g/mol. The Hall–Kier alpha value is -1.39. The van der Waals surface area contributed by atoms with Gasteiger partial charge in [-0.15, -0.1) is 23.4 Å². The number of hydrogen-bond donors (Lipinski definition) is 5. The summed E-state index contributed by atoms with van der Waals surface area (Å²) in [5.74, 6) is -0.245. The zero-order valence-corrected chi connectivity index (χ0v) is 21.8. The Morgan fingerprint density at radius 2 is 2.00 bits per heavy atom. The number of amides is 1. The number of aliphatic hydroxyl groups is 3. The normalized spacial score (nSPS) is 31.4.